The fourth-order valence-electron chi connectivity index (χ4n) is 0.891. The van der Waals surface area contributed by atoms with E-state index in [9.17, 15) is 0 Å². The minimum absolute atomic E-state index is 0.0871. The molecule has 58 valence electrons. The quantitative estimate of drug-likeness (QED) is 0.630. The molecule has 0 saturated carbocycles. The van der Waals surface area contributed by atoms with Gasteiger partial charge in [0.1, 0.15) is 0 Å². The number of aryl methyl sites for hydroxylation is 1. The Morgan fingerprint density at radius 3 is 2.45 bits per heavy atom. The second-order valence-corrected chi connectivity index (χ2v) is 2.36. The first-order chi connectivity index (χ1) is 5.24. The van der Waals surface area contributed by atoms with E-state index in [1.807, 2.05) is 0 Å². The molecule has 2 radical (unpaired) electrons. The number of phenols is 2. The molecule has 11 heavy (non-hydrogen) atoms. The highest BCUT2D eigenvalue weighted by molar-refractivity contribution is 5.40. The summed E-state index contributed by atoms with van der Waals surface area (Å²) in [5, 5.41) is 18.0. The third-order valence-corrected chi connectivity index (χ3v) is 1.47. The monoisotopic (exact) mass is 150 g/mol. The molecule has 1 aromatic rings. The Hall–Kier alpha value is -1.18. The molecule has 0 amide bonds. The first kappa shape index (κ1) is 7.92. The van der Waals surface area contributed by atoms with Crippen molar-refractivity contribution in [3.05, 3.63) is 30.7 Å². The number of aromatic hydroxyl groups is 2. The molecule has 0 aromatic heterocycles. The molecule has 0 saturated heterocycles. The van der Waals surface area contributed by atoms with E-state index in [0.717, 1.165) is 5.56 Å². The number of hydrogen-bond donors (Lipinski definition) is 2. The zero-order valence-corrected chi connectivity index (χ0v) is 6.12. The van der Waals surface area contributed by atoms with Crippen molar-refractivity contribution in [1.82, 2.24) is 0 Å². The SMILES string of the molecule is [CH]CCc1ccc(O)c(O)c1. The van der Waals surface area contributed by atoms with Gasteiger partial charge in [-0.3, -0.25) is 0 Å². The zero-order valence-electron chi connectivity index (χ0n) is 6.12. The first-order valence-corrected chi connectivity index (χ1v) is 3.45. The van der Waals surface area contributed by atoms with E-state index in [1.165, 1.54) is 12.1 Å². The number of hydrogen-bond acceptors (Lipinski definition) is 2. The molecule has 0 aliphatic rings. The van der Waals surface area contributed by atoms with Crippen molar-refractivity contribution in [2.45, 2.75) is 12.8 Å². The van der Waals surface area contributed by atoms with Gasteiger partial charge in [0.2, 0.25) is 0 Å². The van der Waals surface area contributed by atoms with Crippen molar-refractivity contribution in [1.29, 1.82) is 0 Å². The van der Waals surface area contributed by atoms with Gasteiger partial charge in [0.15, 0.2) is 11.5 Å². The fourth-order valence-corrected chi connectivity index (χ4v) is 0.891. The molecule has 0 atom stereocenters. The van der Waals surface area contributed by atoms with Crippen LogP contribution in [0.25, 0.3) is 0 Å². The van der Waals surface area contributed by atoms with E-state index in [0.29, 0.717) is 12.8 Å². The van der Waals surface area contributed by atoms with Crippen LogP contribution < -0.4 is 0 Å². The Balaban J connectivity index is 2.86. The van der Waals surface area contributed by atoms with Crippen molar-refractivity contribution >= 4 is 0 Å². The van der Waals surface area contributed by atoms with Crippen LogP contribution in [0.2, 0.25) is 0 Å². The zero-order chi connectivity index (χ0) is 8.27. The molecule has 0 spiro atoms. The van der Waals surface area contributed by atoms with Crippen molar-refractivity contribution < 1.29 is 10.2 Å². The van der Waals surface area contributed by atoms with Gasteiger partial charge in [-0.05, 0) is 37.5 Å². The maximum Gasteiger partial charge on any atom is 0.157 e. The summed E-state index contributed by atoms with van der Waals surface area (Å²) in [5.74, 6) is -0.179. The van der Waals surface area contributed by atoms with E-state index < -0.39 is 0 Å². The van der Waals surface area contributed by atoms with Crippen LogP contribution in [0.1, 0.15) is 12.0 Å². The third kappa shape index (κ3) is 1.87. The molecule has 0 fully saturated rings. The Kier molecular flexibility index (Phi) is 2.36. The Morgan fingerprint density at radius 1 is 1.18 bits per heavy atom. The summed E-state index contributed by atoms with van der Waals surface area (Å²) >= 11 is 0. The predicted octanol–water partition coefficient (Wildman–Crippen LogP) is 1.74. The minimum atomic E-state index is -0.0919. The van der Waals surface area contributed by atoms with Crippen LogP contribution in [0.3, 0.4) is 0 Å². The molecule has 0 unspecified atom stereocenters. The minimum Gasteiger partial charge on any atom is -0.504 e. The average molecular weight is 150 g/mol. The molecule has 0 aliphatic carbocycles. The van der Waals surface area contributed by atoms with Crippen LogP contribution in [-0.4, -0.2) is 10.2 Å². The van der Waals surface area contributed by atoms with Gasteiger partial charge in [0, 0.05) is 0 Å². The summed E-state index contributed by atoms with van der Waals surface area (Å²) in [5.41, 5.74) is 0.933. The van der Waals surface area contributed by atoms with Gasteiger partial charge < -0.3 is 10.2 Å². The van der Waals surface area contributed by atoms with Gasteiger partial charge in [-0.2, -0.15) is 0 Å². The molecule has 2 heteroatoms. The summed E-state index contributed by atoms with van der Waals surface area (Å²) in [4.78, 5) is 0. The molecule has 1 aromatic carbocycles. The molecule has 2 nitrogen and oxygen atoms in total. The van der Waals surface area contributed by atoms with Crippen LogP contribution in [0.15, 0.2) is 18.2 Å². The van der Waals surface area contributed by atoms with Gasteiger partial charge in [-0.25, -0.2) is 0 Å². The highest BCUT2D eigenvalue weighted by Gasteiger charge is 1.98. The summed E-state index contributed by atoms with van der Waals surface area (Å²) < 4.78 is 0. The van der Waals surface area contributed by atoms with Crippen LogP contribution in [0, 0.1) is 6.92 Å². The van der Waals surface area contributed by atoms with Gasteiger partial charge in [0.25, 0.3) is 0 Å². The molecule has 1 rings (SSSR count). The van der Waals surface area contributed by atoms with Gasteiger partial charge in [0.05, 0.1) is 0 Å². The summed E-state index contributed by atoms with van der Waals surface area (Å²) in [7, 11) is 0. The molecule has 0 bridgehead atoms. The molecule has 2 N–H and O–H groups in total. The van der Waals surface area contributed by atoms with E-state index in [-0.39, 0.29) is 11.5 Å². The second kappa shape index (κ2) is 3.28. The van der Waals surface area contributed by atoms with Crippen molar-refractivity contribution in [2.75, 3.05) is 0 Å². The highest BCUT2D eigenvalue weighted by Crippen LogP contribution is 2.25. The lowest BCUT2D eigenvalue weighted by Gasteiger charge is -2.00. The van der Waals surface area contributed by atoms with Crippen LogP contribution in [0.5, 0.6) is 11.5 Å². The van der Waals surface area contributed by atoms with Gasteiger partial charge in [-0.15, -0.1) is 0 Å². The Morgan fingerprint density at radius 2 is 1.91 bits per heavy atom. The third-order valence-electron chi connectivity index (χ3n) is 1.47. The van der Waals surface area contributed by atoms with Crippen LogP contribution in [0.4, 0.5) is 0 Å². The van der Waals surface area contributed by atoms with Gasteiger partial charge >= 0.3 is 0 Å². The smallest absolute Gasteiger partial charge is 0.157 e. The lowest BCUT2D eigenvalue weighted by Crippen LogP contribution is -1.81. The van der Waals surface area contributed by atoms with Crippen LogP contribution >= 0.6 is 0 Å². The van der Waals surface area contributed by atoms with E-state index in [2.05, 4.69) is 0 Å². The Bertz CT molecular complexity index is 243. The fraction of sp³-hybridized carbons (Fsp3) is 0.222. The maximum absolute atomic E-state index is 9.04. The second-order valence-electron chi connectivity index (χ2n) is 2.36. The maximum atomic E-state index is 9.04. The highest BCUT2D eigenvalue weighted by atomic mass is 16.3. The average Bonchev–Trinajstić information content (AvgIpc) is 1.98. The standard InChI is InChI=1S/C9H10O2/c1-2-3-7-4-5-8(10)9(11)6-7/h1,4-6,10-11H,2-3H2. The van der Waals surface area contributed by atoms with E-state index >= 15 is 0 Å². The summed E-state index contributed by atoms with van der Waals surface area (Å²) in [6.07, 6.45) is 1.26. The Labute approximate surface area is 66.1 Å². The molecule has 0 heterocycles. The lowest BCUT2D eigenvalue weighted by atomic mass is 10.1. The molecule has 0 aliphatic heterocycles. The van der Waals surface area contributed by atoms with Gasteiger partial charge in [-0.1, -0.05) is 6.07 Å². The van der Waals surface area contributed by atoms with Crippen molar-refractivity contribution in [3.8, 4) is 11.5 Å². The van der Waals surface area contributed by atoms with E-state index in [1.54, 1.807) is 6.07 Å². The number of rotatable bonds is 2. The predicted molar refractivity (Wildman–Crippen MR) is 42.4 cm³/mol. The first-order valence-electron chi connectivity index (χ1n) is 3.45. The van der Waals surface area contributed by atoms with Crippen molar-refractivity contribution in [3.63, 3.8) is 0 Å². The molecular formula is C9H10O2. The molecular weight excluding hydrogens is 140 g/mol. The van der Waals surface area contributed by atoms with E-state index in [4.69, 9.17) is 17.1 Å². The summed E-state index contributed by atoms with van der Waals surface area (Å²) in [6, 6.07) is 4.71. The lowest BCUT2D eigenvalue weighted by molar-refractivity contribution is 0.403. The van der Waals surface area contributed by atoms with Crippen LogP contribution in [-0.2, 0) is 6.42 Å². The van der Waals surface area contributed by atoms with Crippen molar-refractivity contribution in [2.24, 2.45) is 0 Å². The topological polar surface area (TPSA) is 40.5 Å². The summed E-state index contributed by atoms with van der Waals surface area (Å²) in [6.45, 7) is 5.30. The number of benzene rings is 1. The largest absolute Gasteiger partial charge is 0.504 e. The number of phenolic OH excluding ortho intramolecular Hbond substituents is 2. The normalized spacial score (nSPS) is 9.91.